The fourth-order valence-electron chi connectivity index (χ4n) is 1.87. The van der Waals surface area contributed by atoms with E-state index < -0.39 is 20.5 Å². The van der Waals surface area contributed by atoms with E-state index in [9.17, 15) is 22.0 Å². The molecule has 0 aliphatic rings. The lowest BCUT2D eigenvalue weighted by molar-refractivity contribution is -0.115. The molecule has 0 bridgehead atoms. The molecule has 0 atom stereocenters. The Morgan fingerprint density at radius 1 is 1.22 bits per heavy atom. The first-order valence-electron chi connectivity index (χ1n) is 6.62. The van der Waals surface area contributed by atoms with Crippen LogP contribution in [0.1, 0.15) is 11.1 Å². The Bertz CT molecular complexity index is 806. The van der Waals surface area contributed by atoms with Gasteiger partial charge in [-0.2, -0.15) is 8.78 Å². The Kier molecular flexibility index (Phi) is 5.05. The Morgan fingerprint density at radius 3 is 2.43 bits per heavy atom. The Hall–Kier alpha value is -2.35. The molecule has 1 aromatic carbocycles. The van der Waals surface area contributed by atoms with Crippen LogP contribution in [0, 0.1) is 6.92 Å². The summed E-state index contributed by atoms with van der Waals surface area (Å²) >= 11 is 0. The molecule has 0 saturated heterocycles. The first kappa shape index (κ1) is 17.0. The topological polar surface area (TPSA) is 76.1 Å². The van der Waals surface area contributed by atoms with Gasteiger partial charge in [0, 0.05) is 6.20 Å². The second-order valence-electron chi connectivity index (χ2n) is 4.87. The van der Waals surface area contributed by atoms with Gasteiger partial charge >= 0.3 is 5.76 Å². The number of sulfone groups is 1. The van der Waals surface area contributed by atoms with Crippen LogP contribution in [-0.4, -0.2) is 25.1 Å². The van der Waals surface area contributed by atoms with Gasteiger partial charge in [0.25, 0.3) is 0 Å². The standard InChI is InChI=1S/C15H14F2N2O3S/c1-10-6-7-18-9-13(10)19-14(20)8-11-2-4-12(5-3-11)23(21,22)15(16)17/h2-7,9,15H,8H2,1H3,(H,19,20). The third-order valence-electron chi connectivity index (χ3n) is 3.16. The van der Waals surface area contributed by atoms with E-state index in [1.54, 1.807) is 12.3 Å². The fourth-order valence-corrected chi connectivity index (χ4v) is 2.60. The van der Waals surface area contributed by atoms with Crippen molar-refractivity contribution >= 4 is 21.4 Å². The van der Waals surface area contributed by atoms with Crippen molar-refractivity contribution in [2.75, 3.05) is 5.32 Å². The van der Waals surface area contributed by atoms with E-state index >= 15 is 0 Å². The van der Waals surface area contributed by atoms with Gasteiger partial charge in [-0.15, -0.1) is 0 Å². The van der Waals surface area contributed by atoms with Crippen molar-refractivity contribution < 1.29 is 22.0 Å². The molecule has 0 spiro atoms. The normalized spacial score (nSPS) is 11.5. The first-order valence-corrected chi connectivity index (χ1v) is 8.17. The zero-order valence-corrected chi connectivity index (χ0v) is 13.0. The first-order chi connectivity index (χ1) is 10.8. The van der Waals surface area contributed by atoms with Gasteiger partial charge in [0.15, 0.2) is 0 Å². The maximum Gasteiger partial charge on any atom is 0.341 e. The molecule has 8 heteroatoms. The number of carbonyl (C=O) groups excluding carboxylic acids is 1. The summed E-state index contributed by atoms with van der Waals surface area (Å²) in [4.78, 5) is 15.4. The number of hydrogen-bond donors (Lipinski definition) is 1. The highest BCUT2D eigenvalue weighted by Crippen LogP contribution is 2.19. The monoisotopic (exact) mass is 340 g/mol. The summed E-state index contributed by atoms with van der Waals surface area (Å²) in [5, 5.41) is 2.68. The summed E-state index contributed by atoms with van der Waals surface area (Å²) in [7, 11) is -4.62. The van der Waals surface area contributed by atoms with E-state index in [-0.39, 0.29) is 12.3 Å². The van der Waals surface area contributed by atoms with Crippen LogP contribution < -0.4 is 5.32 Å². The maximum atomic E-state index is 12.4. The van der Waals surface area contributed by atoms with Gasteiger partial charge in [-0.25, -0.2) is 8.42 Å². The third kappa shape index (κ3) is 4.10. The number of aryl methyl sites for hydroxylation is 1. The van der Waals surface area contributed by atoms with Gasteiger partial charge in [0.1, 0.15) is 0 Å². The minimum Gasteiger partial charge on any atom is -0.324 e. The number of nitrogens with zero attached hydrogens (tertiary/aromatic N) is 1. The summed E-state index contributed by atoms with van der Waals surface area (Å²) in [5.41, 5.74) is 1.94. The highest BCUT2D eigenvalue weighted by atomic mass is 32.2. The smallest absolute Gasteiger partial charge is 0.324 e. The van der Waals surface area contributed by atoms with Crippen molar-refractivity contribution in [2.45, 2.75) is 24.0 Å². The molecule has 1 N–H and O–H groups in total. The Morgan fingerprint density at radius 2 is 1.87 bits per heavy atom. The quantitative estimate of drug-likeness (QED) is 0.908. The zero-order valence-electron chi connectivity index (χ0n) is 12.2. The van der Waals surface area contributed by atoms with Crippen LogP contribution in [0.3, 0.4) is 0 Å². The minimum atomic E-state index is -4.62. The van der Waals surface area contributed by atoms with E-state index in [2.05, 4.69) is 10.3 Å². The number of amides is 1. The van der Waals surface area contributed by atoms with Crippen LogP contribution in [0.5, 0.6) is 0 Å². The van der Waals surface area contributed by atoms with Crippen molar-refractivity contribution in [3.05, 3.63) is 53.9 Å². The molecule has 0 fully saturated rings. The molecule has 0 saturated carbocycles. The van der Waals surface area contributed by atoms with Gasteiger partial charge in [0.05, 0.1) is 23.2 Å². The van der Waals surface area contributed by atoms with Crippen LogP contribution in [0.15, 0.2) is 47.6 Å². The number of carbonyl (C=O) groups is 1. The summed E-state index contributed by atoms with van der Waals surface area (Å²) in [5.74, 6) is -3.78. The molecule has 2 rings (SSSR count). The lowest BCUT2D eigenvalue weighted by Crippen LogP contribution is -2.15. The number of pyridine rings is 1. The van der Waals surface area contributed by atoms with Crippen LogP contribution in [-0.2, 0) is 21.1 Å². The van der Waals surface area contributed by atoms with Crippen LogP contribution in [0.4, 0.5) is 14.5 Å². The van der Waals surface area contributed by atoms with E-state index in [1.807, 2.05) is 6.92 Å². The zero-order chi connectivity index (χ0) is 17.0. The van der Waals surface area contributed by atoms with Crippen LogP contribution >= 0.6 is 0 Å². The maximum absolute atomic E-state index is 12.4. The predicted octanol–water partition coefficient (Wildman–Crippen LogP) is 2.57. The lowest BCUT2D eigenvalue weighted by Gasteiger charge is -2.08. The van der Waals surface area contributed by atoms with Crippen LogP contribution in [0.25, 0.3) is 0 Å². The predicted molar refractivity (Wildman–Crippen MR) is 80.9 cm³/mol. The fraction of sp³-hybridized carbons (Fsp3) is 0.200. The molecule has 2 aromatic rings. The number of anilines is 1. The molecule has 23 heavy (non-hydrogen) atoms. The molecule has 122 valence electrons. The molecule has 0 aliphatic heterocycles. The number of benzene rings is 1. The summed E-state index contributed by atoms with van der Waals surface area (Å²) in [6.07, 6.45) is 3.11. The third-order valence-corrected chi connectivity index (χ3v) is 4.56. The summed E-state index contributed by atoms with van der Waals surface area (Å²) < 4.78 is 47.5. The SMILES string of the molecule is Cc1ccncc1NC(=O)Cc1ccc(S(=O)(=O)C(F)F)cc1. The van der Waals surface area contributed by atoms with Crippen LogP contribution in [0.2, 0.25) is 0 Å². The molecule has 1 amide bonds. The number of nitrogens with one attached hydrogen (secondary N) is 1. The van der Waals surface area contributed by atoms with E-state index in [1.165, 1.54) is 18.3 Å². The molecular formula is C15H14F2N2O3S. The highest BCUT2D eigenvalue weighted by Gasteiger charge is 2.26. The van der Waals surface area contributed by atoms with Crippen molar-refractivity contribution in [3.8, 4) is 0 Å². The van der Waals surface area contributed by atoms with Crippen molar-refractivity contribution in [1.82, 2.24) is 4.98 Å². The molecule has 0 radical (unpaired) electrons. The lowest BCUT2D eigenvalue weighted by atomic mass is 10.1. The van der Waals surface area contributed by atoms with Gasteiger partial charge < -0.3 is 5.32 Å². The van der Waals surface area contributed by atoms with E-state index in [0.717, 1.165) is 17.7 Å². The Balaban J connectivity index is 2.07. The average Bonchev–Trinajstić information content (AvgIpc) is 2.50. The van der Waals surface area contributed by atoms with E-state index in [0.29, 0.717) is 11.3 Å². The number of aromatic nitrogens is 1. The largest absolute Gasteiger partial charge is 0.341 e. The van der Waals surface area contributed by atoms with Gasteiger partial charge in [-0.3, -0.25) is 9.78 Å². The van der Waals surface area contributed by atoms with Gasteiger partial charge in [-0.05, 0) is 36.2 Å². The molecular weight excluding hydrogens is 326 g/mol. The number of rotatable bonds is 5. The second kappa shape index (κ2) is 6.82. The number of alkyl halides is 2. The molecule has 0 unspecified atom stereocenters. The van der Waals surface area contributed by atoms with Crippen molar-refractivity contribution in [3.63, 3.8) is 0 Å². The van der Waals surface area contributed by atoms with Crippen molar-refractivity contribution in [2.24, 2.45) is 0 Å². The number of hydrogen-bond acceptors (Lipinski definition) is 4. The highest BCUT2D eigenvalue weighted by molar-refractivity contribution is 7.91. The summed E-state index contributed by atoms with van der Waals surface area (Å²) in [6.45, 7) is 1.82. The minimum absolute atomic E-state index is 0.0106. The molecule has 1 heterocycles. The van der Waals surface area contributed by atoms with E-state index in [4.69, 9.17) is 0 Å². The molecule has 5 nitrogen and oxygen atoms in total. The molecule has 1 aromatic heterocycles. The van der Waals surface area contributed by atoms with Gasteiger partial charge in [0.2, 0.25) is 15.7 Å². The molecule has 0 aliphatic carbocycles. The van der Waals surface area contributed by atoms with Gasteiger partial charge in [-0.1, -0.05) is 12.1 Å². The van der Waals surface area contributed by atoms with Crippen molar-refractivity contribution in [1.29, 1.82) is 0 Å². The average molecular weight is 340 g/mol. The Labute approximate surface area is 132 Å². The second-order valence-corrected chi connectivity index (χ2v) is 6.78. The summed E-state index contributed by atoms with van der Waals surface area (Å²) in [6, 6.07) is 6.56. The number of halogens is 2.